The number of methoxy groups -OCH3 is 1. The molecule has 0 aliphatic carbocycles. The summed E-state index contributed by atoms with van der Waals surface area (Å²) < 4.78 is 11.5. The molecule has 3 rings (SSSR count). The Labute approximate surface area is 198 Å². The Hall–Kier alpha value is -2.33. The minimum absolute atomic E-state index is 0.0297. The van der Waals surface area contributed by atoms with Crippen LogP contribution in [-0.2, 0) is 11.2 Å². The molecule has 0 fully saturated rings. The number of aryl methyl sites for hydroxylation is 2. The molecule has 0 amide bonds. The second-order valence-corrected chi connectivity index (χ2v) is 8.08. The summed E-state index contributed by atoms with van der Waals surface area (Å²) in [5, 5.41) is 3.50. The molecule has 0 aromatic heterocycles. The Bertz CT molecular complexity index is 851. The molecule has 0 aliphatic rings. The third-order valence-electron chi connectivity index (χ3n) is 5.02. The fraction of sp³-hybridized carbons (Fsp3) is 0.357. The highest BCUT2D eigenvalue weighted by Gasteiger charge is 2.14. The molecular formula is C28H36ClNO2. The van der Waals surface area contributed by atoms with Crippen LogP contribution in [0.3, 0.4) is 0 Å². The summed E-state index contributed by atoms with van der Waals surface area (Å²) in [6.45, 7) is 6.50. The van der Waals surface area contributed by atoms with E-state index in [0.717, 1.165) is 37.6 Å². The van der Waals surface area contributed by atoms with Crippen LogP contribution in [0.15, 0.2) is 78.9 Å². The molecule has 0 aliphatic heterocycles. The molecule has 0 saturated carbocycles. The van der Waals surface area contributed by atoms with Crippen molar-refractivity contribution < 1.29 is 9.47 Å². The molecule has 0 heterocycles. The average molecular weight is 454 g/mol. The third kappa shape index (κ3) is 9.44. The first-order chi connectivity index (χ1) is 15.7. The number of benzene rings is 3. The van der Waals surface area contributed by atoms with Gasteiger partial charge in [-0.15, -0.1) is 11.6 Å². The van der Waals surface area contributed by atoms with Gasteiger partial charge < -0.3 is 14.8 Å². The van der Waals surface area contributed by atoms with Crippen LogP contribution in [0.4, 0.5) is 0 Å². The van der Waals surface area contributed by atoms with E-state index in [1.54, 1.807) is 7.11 Å². The first-order valence-electron chi connectivity index (χ1n) is 11.3. The molecule has 0 radical (unpaired) electrons. The maximum Gasteiger partial charge on any atom is 0.118 e. The van der Waals surface area contributed by atoms with Gasteiger partial charge in [0, 0.05) is 12.4 Å². The minimum Gasteiger partial charge on any atom is -0.497 e. The van der Waals surface area contributed by atoms with Gasteiger partial charge in [-0.1, -0.05) is 79.2 Å². The number of rotatable bonds is 11. The molecule has 3 aromatic carbocycles. The predicted octanol–water partition coefficient (Wildman–Crippen LogP) is 6.58. The number of hydrogen-bond acceptors (Lipinski definition) is 3. The number of ether oxygens (including phenoxy) is 2. The Morgan fingerprint density at radius 1 is 0.844 bits per heavy atom. The fourth-order valence-electron chi connectivity index (χ4n) is 3.34. The monoisotopic (exact) mass is 453 g/mol. The molecule has 172 valence electrons. The van der Waals surface area contributed by atoms with Crippen LogP contribution in [0.5, 0.6) is 5.75 Å². The summed E-state index contributed by atoms with van der Waals surface area (Å²) in [7, 11) is 1.70. The van der Waals surface area contributed by atoms with Crippen molar-refractivity contribution in [3.63, 3.8) is 0 Å². The zero-order valence-corrected chi connectivity index (χ0v) is 20.3. The number of halogens is 1. The van der Waals surface area contributed by atoms with Crippen molar-refractivity contribution in [2.45, 2.75) is 32.8 Å². The van der Waals surface area contributed by atoms with Gasteiger partial charge in [-0.2, -0.15) is 0 Å². The van der Waals surface area contributed by atoms with E-state index in [0.29, 0.717) is 6.61 Å². The highest BCUT2D eigenvalue weighted by atomic mass is 35.5. The van der Waals surface area contributed by atoms with Crippen LogP contribution < -0.4 is 10.1 Å². The first-order valence-corrected chi connectivity index (χ1v) is 11.8. The van der Waals surface area contributed by atoms with Crippen molar-refractivity contribution in [2.24, 2.45) is 0 Å². The lowest BCUT2D eigenvalue weighted by atomic mass is 10.0. The van der Waals surface area contributed by atoms with Gasteiger partial charge >= 0.3 is 0 Å². The van der Waals surface area contributed by atoms with E-state index in [1.165, 1.54) is 22.3 Å². The van der Waals surface area contributed by atoms with E-state index < -0.39 is 0 Å². The van der Waals surface area contributed by atoms with Crippen molar-refractivity contribution in [1.29, 1.82) is 0 Å². The quantitative estimate of drug-likeness (QED) is 0.263. The molecule has 3 aromatic rings. The van der Waals surface area contributed by atoms with Crippen LogP contribution in [0.2, 0.25) is 0 Å². The van der Waals surface area contributed by atoms with Gasteiger partial charge in [-0.3, -0.25) is 0 Å². The first kappa shape index (κ1) is 25.9. The molecular weight excluding hydrogens is 418 g/mol. The molecule has 1 atom stereocenters. The Morgan fingerprint density at radius 2 is 1.47 bits per heavy atom. The summed E-state index contributed by atoms with van der Waals surface area (Å²) in [5.41, 5.74) is 4.99. The number of hydrogen-bond donors (Lipinski definition) is 1. The van der Waals surface area contributed by atoms with Crippen LogP contribution in [0.1, 0.15) is 41.7 Å². The summed E-state index contributed by atoms with van der Waals surface area (Å²) in [4.78, 5) is 0. The zero-order valence-electron chi connectivity index (χ0n) is 19.5. The molecule has 0 saturated heterocycles. The Morgan fingerprint density at radius 3 is 2.09 bits per heavy atom. The lowest BCUT2D eigenvalue weighted by molar-refractivity contribution is 0.0821. The van der Waals surface area contributed by atoms with Crippen molar-refractivity contribution in [1.82, 2.24) is 5.32 Å². The van der Waals surface area contributed by atoms with Crippen molar-refractivity contribution >= 4 is 11.6 Å². The molecule has 3 nitrogen and oxygen atoms in total. The molecule has 1 unspecified atom stereocenters. The molecule has 1 N–H and O–H groups in total. The summed E-state index contributed by atoms with van der Waals surface area (Å²) in [6, 6.07) is 27.4. The van der Waals surface area contributed by atoms with Gasteiger partial charge in [0.15, 0.2) is 0 Å². The van der Waals surface area contributed by atoms with Gasteiger partial charge in [0.05, 0.1) is 13.7 Å². The molecule has 0 spiro atoms. The van der Waals surface area contributed by atoms with E-state index in [2.05, 4.69) is 72.9 Å². The minimum atomic E-state index is -0.0297. The van der Waals surface area contributed by atoms with Crippen molar-refractivity contribution in [3.8, 4) is 5.75 Å². The summed E-state index contributed by atoms with van der Waals surface area (Å²) in [6.07, 6.45) is 2.14. The van der Waals surface area contributed by atoms with E-state index in [4.69, 9.17) is 21.1 Å². The maximum absolute atomic E-state index is 6.27. The lowest BCUT2D eigenvalue weighted by Crippen LogP contribution is -2.22. The Kier molecular flexibility index (Phi) is 12.5. The van der Waals surface area contributed by atoms with Crippen molar-refractivity contribution in [3.05, 3.63) is 101 Å². The average Bonchev–Trinajstić information content (AvgIpc) is 2.83. The second kappa shape index (κ2) is 15.5. The summed E-state index contributed by atoms with van der Waals surface area (Å²) in [5.74, 6) is 1.63. The fourth-order valence-corrected chi connectivity index (χ4v) is 3.34. The van der Waals surface area contributed by atoms with Gasteiger partial charge in [-0.05, 0) is 55.1 Å². The standard InChI is InChI=1S/C26H31NO2.C2H5Cl/c1-21-10-14-24(15-11-21)26(23-8-4-3-5-9-23)29-20-19-27-18-6-7-22-12-16-25(28-2)17-13-22;1-2-3/h3-5,8-17,26-27H,6-7,18-20H2,1-2H3;2H2,1H3. The molecule has 4 heteroatoms. The highest BCUT2D eigenvalue weighted by Crippen LogP contribution is 2.26. The molecule has 32 heavy (non-hydrogen) atoms. The highest BCUT2D eigenvalue weighted by molar-refractivity contribution is 6.17. The van der Waals surface area contributed by atoms with Gasteiger partial charge in [0.25, 0.3) is 0 Å². The van der Waals surface area contributed by atoms with Gasteiger partial charge in [-0.25, -0.2) is 0 Å². The van der Waals surface area contributed by atoms with Crippen LogP contribution in [0.25, 0.3) is 0 Å². The smallest absolute Gasteiger partial charge is 0.118 e. The van der Waals surface area contributed by atoms with E-state index in [-0.39, 0.29) is 6.10 Å². The topological polar surface area (TPSA) is 30.5 Å². The second-order valence-electron chi connectivity index (χ2n) is 7.54. The zero-order chi connectivity index (χ0) is 23.0. The van der Waals surface area contributed by atoms with E-state index >= 15 is 0 Å². The Balaban J connectivity index is 0.00000114. The van der Waals surface area contributed by atoms with Crippen molar-refractivity contribution in [2.75, 3.05) is 32.7 Å². The van der Waals surface area contributed by atoms with E-state index in [1.807, 2.05) is 25.1 Å². The van der Waals surface area contributed by atoms with E-state index in [9.17, 15) is 0 Å². The third-order valence-corrected chi connectivity index (χ3v) is 5.02. The maximum atomic E-state index is 6.27. The number of nitrogens with one attached hydrogen (secondary N) is 1. The predicted molar refractivity (Wildman–Crippen MR) is 136 cm³/mol. The largest absolute Gasteiger partial charge is 0.497 e. The van der Waals surface area contributed by atoms with Crippen LogP contribution in [0, 0.1) is 6.92 Å². The summed E-state index contributed by atoms with van der Waals surface area (Å²) >= 11 is 5.00. The normalized spacial score (nSPS) is 11.4. The molecule has 0 bridgehead atoms. The SMILES string of the molecule is CCCl.COc1ccc(CCCNCCOC(c2ccccc2)c2ccc(C)cc2)cc1. The lowest BCUT2D eigenvalue weighted by Gasteiger charge is -2.19. The van der Waals surface area contributed by atoms with Gasteiger partial charge in [0.1, 0.15) is 11.9 Å². The van der Waals surface area contributed by atoms with Gasteiger partial charge in [0.2, 0.25) is 0 Å². The van der Waals surface area contributed by atoms with Crippen LogP contribution >= 0.6 is 11.6 Å². The van der Waals surface area contributed by atoms with Crippen LogP contribution in [-0.4, -0.2) is 32.7 Å². The number of alkyl halides is 1.